The van der Waals surface area contributed by atoms with Gasteiger partial charge < -0.3 is 15.8 Å². The van der Waals surface area contributed by atoms with E-state index in [-0.39, 0.29) is 18.0 Å². The van der Waals surface area contributed by atoms with Gasteiger partial charge in [0.25, 0.3) is 0 Å². The van der Waals surface area contributed by atoms with Crippen LogP contribution in [0.15, 0.2) is 0 Å². The summed E-state index contributed by atoms with van der Waals surface area (Å²) in [7, 11) is 0. The maximum absolute atomic E-state index is 11.6. The van der Waals surface area contributed by atoms with Crippen LogP contribution >= 0.6 is 0 Å². The molecule has 1 amide bonds. The van der Waals surface area contributed by atoms with E-state index < -0.39 is 0 Å². The van der Waals surface area contributed by atoms with Crippen LogP contribution < -0.4 is 11.1 Å². The lowest BCUT2D eigenvalue weighted by Gasteiger charge is -2.29. The van der Waals surface area contributed by atoms with Crippen molar-refractivity contribution >= 4 is 5.91 Å². The molecule has 0 aliphatic carbocycles. The molecule has 1 saturated heterocycles. The van der Waals surface area contributed by atoms with Crippen molar-refractivity contribution in [3.63, 3.8) is 0 Å². The predicted molar refractivity (Wildman–Crippen MR) is 59.4 cm³/mol. The Bertz CT molecular complexity index is 203. The van der Waals surface area contributed by atoms with Crippen molar-refractivity contribution in [2.75, 3.05) is 13.2 Å². The first kappa shape index (κ1) is 12.5. The number of rotatable bonds is 4. The van der Waals surface area contributed by atoms with Gasteiger partial charge in [0.15, 0.2) is 0 Å². The Morgan fingerprint density at radius 3 is 2.67 bits per heavy atom. The first-order valence-corrected chi connectivity index (χ1v) is 5.78. The van der Waals surface area contributed by atoms with Gasteiger partial charge in [-0.2, -0.15) is 0 Å². The third-order valence-electron chi connectivity index (χ3n) is 3.12. The molecule has 2 atom stereocenters. The van der Waals surface area contributed by atoms with E-state index >= 15 is 0 Å². The highest BCUT2D eigenvalue weighted by atomic mass is 16.5. The van der Waals surface area contributed by atoms with Crippen molar-refractivity contribution in [1.82, 2.24) is 5.32 Å². The number of hydrogen-bond acceptors (Lipinski definition) is 3. The van der Waals surface area contributed by atoms with Gasteiger partial charge in [0, 0.05) is 19.3 Å². The van der Waals surface area contributed by atoms with Gasteiger partial charge in [-0.15, -0.1) is 0 Å². The maximum atomic E-state index is 11.6. The third-order valence-corrected chi connectivity index (χ3v) is 3.12. The molecule has 1 fully saturated rings. The number of carbonyl (C=O) groups excluding carboxylic acids is 1. The molecule has 2 unspecified atom stereocenters. The van der Waals surface area contributed by atoms with Crippen LogP contribution in [0.5, 0.6) is 0 Å². The maximum Gasteiger partial charge on any atom is 0.237 e. The molecule has 0 aromatic rings. The monoisotopic (exact) mass is 214 g/mol. The van der Waals surface area contributed by atoms with Gasteiger partial charge in [0.05, 0.1) is 6.04 Å². The molecule has 15 heavy (non-hydrogen) atoms. The zero-order valence-corrected chi connectivity index (χ0v) is 9.66. The summed E-state index contributed by atoms with van der Waals surface area (Å²) in [5, 5.41) is 2.98. The number of carbonyl (C=O) groups is 1. The van der Waals surface area contributed by atoms with Crippen LogP contribution in [0.3, 0.4) is 0 Å². The Hall–Kier alpha value is -0.610. The Morgan fingerprint density at radius 2 is 2.13 bits per heavy atom. The predicted octanol–water partition coefficient (Wildman–Crippen LogP) is 0.655. The molecule has 0 aromatic carbocycles. The van der Waals surface area contributed by atoms with Gasteiger partial charge in [-0.3, -0.25) is 4.79 Å². The minimum Gasteiger partial charge on any atom is -0.381 e. The average molecular weight is 214 g/mol. The molecule has 0 saturated carbocycles. The summed E-state index contributed by atoms with van der Waals surface area (Å²) in [6, 6.07) is -0.161. The van der Waals surface area contributed by atoms with E-state index in [2.05, 4.69) is 12.2 Å². The molecule has 1 rings (SSSR count). The van der Waals surface area contributed by atoms with Crippen LogP contribution in [0.4, 0.5) is 0 Å². The SMILES string of the molecule is CCC(N)C(=O)NC(C)C1CCOCC1. The molecule has 0 aromatic heterocycles. The van der Waals surface area contributed by atoms with Crippen LogP contribution in [-0.4, -0.2) is 31.2 Å². The quantitative estimate of drug-likeness (QED) is 0.722. The van der Waals surface area contributed by atoms with Gasteiger partial charge >= 0.3 is 0 Å². The van der Waals surface area contributed by atoms with E-state index in [9.17, 15) is 4.79 Å². The molecule has 3 N–H and O–H groups in total. The molecule has 88 valence electrons. The fourth-order valence-corrected chi connectivity index (χ4v) is 1.85. The third kappa shape index (κ3) is 3.80. The highest BCUT2D eigenvalue weighted by Gasteiger charge is 2.23. The largest absolute Gasteiger partial charge is 0.381 e. The van der Waals surface area contributed by atoms with Crippen molar-refractivity contribution in [2.24, 2.45) is 11.7 Å². The van der Waals surface area contributed by atoms with E-state index in [0.29, 0.717) is 12.3 Å². The Morgan fingerprint density at radius 1 is 1.53 bits per heavy atom. The van der Waals surface area contributed by atoms with Crippen molar-refractivity contribution in [1.29, 1.82) is 0 Å². The number of amides is 1. The van der Waals surface area contributed by atoms with Crippen molar-refractivity contribution < 1.29 is 9.53 Å². The summed E-state index contributed by atoms with van der Waals surface area (Å²) in [5.74, 6) is 0.503. The van der Waals surface area contributed by atoms with Crippen LogP contribution in [0.25, 0.3) is 0 Å². The van der Waals surface area contributed by atoms with E-state index in [4.69, 9.17) is 10.5 Å². The van der Waals surface area contributed by atoms with Gasteiger partial charge in [0.1, 0.15) is 0 Å². The fraction of sp³-hybridized carbons (Fsp3) is 0.909. The number of hydrogen-bond donors (Lipinski definition) is 2. The molecular weight excluding hydrogens is 192 g/mol. The standard InChI is InChI=1S/C11H22N2O2/c1-3-10(12)11(14)13-8(2)9-4-6-15-7-5-9/h8-10H,3-7,12H2,1-2H3,(H,13,14). The van der Waals surface area contributed by atoms with E-state index in [1.54, 1.807) is 0 Å². The minimum absolute atomic E-state index is 0.0310. The van der Waals surface area contributed by atoms with Gasteiger partial charge in [-0.05, 0) is 32.1 Å². The molecular formula is C11H22N2O2. The fourth-order valence-electron chi connectivity index (χ4n) is 1.85. The summed E-state index contributed by atoms with van der Waals surface area (Å²) in [5.41, 5.74) is 5.66. The van der Waals surface area contributed by atoms with Crippen LogP contribution in [-0.2, 0) is 9.53 Å². The Labute approximate surface area is 91.5 Å². The topological polar surface area (TPSA) is 64.4 Å². The number of nitrogens with two attached hydrogens (primary N) is 1. The molecule has 0 bridgehead atoms. The molecule has 1 heterocycles. The smallest absolute Gasteiger partial charge is 0.237 e. The van der Waals surface area contributed by atoms with E-state index in [0.717, 1.165) is 26.1 Å². The highest BCUT2D eigenvalue weighted by molar-refractivity contribution is 5.81. The molecule has 0 radical (unpaired) electrons. The molecule has 0 spiro atoms. The van der Waals surface area contributed by atoms with Crippen LogP contribution in [0, 0.1) is 5.92 Å². The molecule has 1 aliphatic heterocycles. The Balaban J connectivity index is 2.33. The second-order valence-electron chi connectivity index (χ2n) is 4.26. The zero-order valence-electron chi connectivity index (χ0n) is 9.66. The van der Waals surface area contributed by atoms with Crippen molar-refractivity contribution in [3.8, 4) is 0 Å². The number of ether oxygens (including phenoxy) is 1. The Kier molecular flexibility index (Phi) is 5.05. The second-order valence-corrected chi connectivity index (χ2v) is 4.26. The van der Waals surface area contributed by atoms with Gasteiger partial charge in [-0.1, -0.05) is 6.92 Å². The van der Waals surface area contributed by atoms with Crippen LogP contribution in [0.2, 0.25) is 0 Å². The van der Waals surface area contributed by atoms with Crippen molar-refractivity contribution in [2.45, 2.75) is 45.2 Å². The summed E-state index contributed by atoms with van der Waals surface area (Å²) in [6.45, 7) is 5.59. The lowest BCUT2D eigenvalue weighted by atomic mass is 9.93. The molecule has 1 aliphatic rings. The molecule has 4 nitrogen and oxygen atoms in total. The van der Waals surface area contributed by atoms with Crippen molar-refractivity contribution in [3.05, 3.63) is 0 Å². The summed E-state index contributed by atoms with van der Waals surface area (Å²) < 4.78 is 5.29. The minimum atomic E-state index is -0.368. The first-order chi connectivity index (χ1) is 7.15. The van der Waals surface area contributed by atoms with E-state index in [1.165, 1.54) is 0 Å². The van der Waals surface area contributed by atoms with Gasteiger partial charge in [-0.25, -0.2) is 0 Å². The van der Waals surface area contributed by atoms with E-state index in [1.807, 2.05) is 6.92 Å². The highest BCUT2D eigenvalue weighted by Crippen LogP contribution is 2.18. The van der Waals surface area contributed by atoms with Crippen LogP contribution in [0.1, 0.15) is 33.1 Å². The average Bonchev–Trinajstić information content (AvgIpc) is 2.29. The summed E-state index contributed by atoms with van der Waals surface area (Å²) in [4.78, 5) is 11.6. The lowest BCUT2D eigenvalue weighted by Crippen LogP contribution is -2.47. The number of nitrogens with one attached hydrogen (secondary N) is 1. The van der Waals surface area contributed by atoms with Gasteiger partial charge in [0.2, 0.25) is 5.91 Å². The summed E-state index contributed by atoms with van der Waals surface area (Å²) >= 11 is 0. The molecule has 4 heteroatoms. The lowest BCUT2D eigenvalue weighted by molar-refractivity contribution is -0.123. The first-order valence-electron chi connectivity index (χ1n) is 5.78. The zero-order chi connectivity index (χ0) is 11.3. The second kappa shape index (κ2) is 6.08. The summed E-state index contributed by atoms with van der Waals surface area (Å²) in [6.07, 6.45) is 2.75. The normalized spacial score (nSPS) is 22.1.